The van der Waals surface area contributed by atoms with Crippen LogP contribution in [0.2, 0.25) is 0 Å². The summed E-state index contributed by atoms with van der Waals surface area (Å²) in [5, 5.41) is 7.89. The number of hydrogen-bond acceptors (Lipinski definition) is 0. The fourth-order valence-corrected chi connectivity index (χ4v) is 5.90. The molecule has 0 nitrogen and oxygen atoms in total. The molecule has 0 bridgehead atoms. The van der Waals surface area contributed by atoms with E-state index in [1.165, 1.54) is 65.7 Å². The van der Waals surface area contributed by atoms with E-state index in [1.54, 1.807) is 0 Å². The van der Waals surface area contributed by atoms with Gasteiger partial charge in [0, 0.05) is 4.47 Å². The molecule has 1 heteroatoms. The standard InChI is InChI=1S/C34H21Br/c35-30-20-28(27-11-5-10-26(18-27)22-6-2-1-3-7-22)19-29(21-30)31-16-14-25-13-12-23-8-4-9-24-15-17-32(31)34(25)33(23)24/h1-21H. The van der Waals surface area contributed by atoms with Crippen LogP contribution in [0, 0.1) is 0 Å². The summed E-state index contributed by atoms with van der Waals surface area (Å²) >= 11 is 3.80. The van der Waals surface area contributed by atoms with Crippen LogP contribution in [-0.4, -0.2) is 0 Å². The Morgan fingerprint density at radius 2 is 0.943 bits per heavy atom. The Labute approximate surface area is 212 Å². The van der Waals surface area contributed by atoms with E-state index in [1.807, 2.05) is 0 Å². The Kier molecular flexibility index (Phi) is 4.72. The van der Waals surface area contributed by atoms with Crippen LogP contribution < -0.4 is 0 Å². The summed E-state index contributed by atoms with van der Waals surface area (Å²) in [6.45, 7) is 0. The predicted molar refractivity (Wildman–Crippen MR) is 154 cm³/mol. The minimum absolute atomic E-state index is 1.08. The van der Waals surface area contributed by atoms with E-state index in [-0.39, 0.29) is 0 Å². The Hall–Kier alpha value is -3.94. The van der Waals surface area contributed by atoms with Gasteiger partial charge in [-0.05, 0) is 90.0 Å². The van der Waals surface area contributed by atoms with E-state index < -0.39 is 0 Å². The molecule has 0 aliphatic rings. The van der Waals surface area contributed by atoms with Crippen molar-refractivity contribution in [2.75, 3.05) is 0 Å². The first-order valence-corrected chi connectivity index (χ1v) is 12.7. The number of halogens is 1. The third kappa shape index (κ3) is 3.43. The second-order valence-electron chi connectivity index (χ2n) is 9.14. The van der Waals surface area contributed by atoms with Gasteiger partial charge in [-0.1, -0.05) is 119 Å². The van der Waals surface area contributed by atoms with Gasteiger partial charge < -0.3 is 0 Å². The summed E-state index contributed by atoms with van der Waals surface area (Å²) in [5.41, 5.74) is 7.36. The highest BCUT2D eigenvalue weighted by molar-refractivity contribution is 9.10. The largest absolute Gasteiger partial charge is 0.0622 e. The first-order chi connectivity index (χ1) is 17.2. The van der Waals surface area contributed by atoms with E-state index in [0.29, 0.717) is 0 Å². The van der Waals surface area contributed by atoms with Crippen molar-refractivity contribution in [3.63, 3.8) is 0 Å². The summed E-state index contributed by atoms with van der Waals surface area (Å²) in [6, 6.07) is 46.3. The maximum atomic E-state index is 3.80. The van der Waals surface area contributed by atoms with Crippen molar-refractivity contribution >= 4 is 48.2 Å². The van der Waals surface area contributed by atoms with E-state index in [9.17, 15) is 0 Å². The van der Waals surface area contributed by atoms with Gasteiger partial charge in [-0.3, -0.25) is 0 Å². The van der Waals surface area contributed by atoms with Gasteiger partial charge in [0.05, 0.1) is 0 Å². The maximum Gasteiger partial charge on any atom is 0.0187 e. The zero-order valence-electron chi connectivity index (χ0n) is 19.0. The smallest absolute Gasteiger partial charge is 0.0187 e. The van der Waals surface area contributed by atoms with Gasteiger partial charge in [0.25, 0.3) is 0 Å². The second kappa shape index (κ2) is 8.08. The molecule has 0 heterocycles. The summed E-state index contributed by atoms with van der Waals surface area (Å²) in [4.78, 5) is 0. The van der Waals surface area contributed by atoms with Gasteiger partial charge >= 0.3 is 0 Å². The zero-order valence-corrected chi connectivity index (χ0v) is 20.6. The lowest BCUT2D eigenvalue weighted by molar-refractivity contribution is 1.56. The normalized spacial score (nSPS) is 11.6. The summed E-state index contributed by atoms with van der Waals surface area (Å²) < 4.78 is 1.08. The molecular weight excluding hydrogens is 488 g/mol. The molecule has 0 aliphatic heterocycles. The Morgan fingerprint density at radius 3 is 1.74 bits per heavy atom. The monoisotopic (exact) mass is 508 g/mol. The van der Waals surface area contributed by atoms with Gasteiger partial charge in [-0.15, -0.1) is 0 Å². The van der Waals surface area contributed by atoms with Gasteiger partial charge in [-0.25, -0.2) is 0 Å². The lowest BCUT2D eigenvalue weighted by atomic mass is 9.89. The van der Waals surface area contributed by atoms with E-state index in [2.05, 4.69) is 143 Å². The highest BCUT2D eigenvalue weighted by atomic mass is 79.9. The first-order valence-electron chi connectivity index (χ1n) is 11.9. The fraction of sp³-hybridized carbons (Fsp3) is 0. The Balaban J connectivity index is 1.43. The SMILES string of the molecule is Brc1cc(-c2cccc(-c3ccccc3)c2)cc(-c2ccc3ccc4cccc5ccc2c3c45)c1. The topological polar surface area (TPSA) is 0 Å². The quantitative estimate of drug-likeness (QED) is 0.208. The molecule has 7 rings (SSSR count). The van der Waals surface area contributed by atoms with Crippen LogP contribution in [0.5, 0.6) is 0 Å². The molecular formula is C34H21Br. The second-order valence-corrected chi connectivity index (χ2v) is 10.1. The van der Waals surface area contributed by atoms with Crippen LogP contribution in [-0.2, 0) is 0 Å². The molecule has 0 spiro atoms. The molecule has 35 heavy (non-hydrogen) atoms. The van der Waals surface area contributed by atoms with E-state index in [0.717, 1.165) is 4.47 Å². The molecule has 0 radical (unpaired) electrons. The minimum atomic E-state index is 1.08. The summed E-state index contributed by atoms with van der Waals surface area (Å²) in [6.07, 6.45) is 0. The molecule has 7 aromatic carbocycles. The van der Waals surface area contributed by atoms with Crippen molar-refractivity contribution in [2.45, 2.75) is 0 Å². The fourth-order valence-electron chi connectivity index (χ4n) is 5.41. The first kappa shape index (κ1) is 20.4. The molecule has 0 saturated heterocycles. The number of rotatable bonds is 3. The van der Waals surface area contributed by atoms with Crippen LogP contribution in [0.4, 0.5) is 0 Å². The molecule has 7 aromatic rings. The molecule has 0 atom stereocenters. The van der Waals surface area contributed by atoms with Crippen molar-refractivity contribution in [3.8, 4) is 33.4 Å². The molecule has 0 aromatic heterocycles. The van der Waals surface area contributed by atoms with Crippen molar-refractivity contribution in [1.82, 2.24) is 0 Å². The third-order valence-electron chi connectivity index (χ3n) is 7.04. The van der Waals surface area contributed by atoms with E-state index in [4.69, 9.17) is 0 Å². The van der Waals surface area contributed by atoms with Crippen LogP contribution >= 0.6 is 15.9 Å². The van der Waals surface area contributed by atoms with Crippen molar-refractivity contribution in [3.05, 3.63) is 132 Å². The highest BCUT2D eigenvalue weighted by Gasteiger charge is 2.13. The molecule has 0 fully saturated rings. The van der Waals surface area contributed by atoms with E-state index >= 15 is 0 Å². The van der Waals surface area contributed by atoms with Crippen molar-refractivity contribution in [1.29, 1.82) is 0 Å². The third-order valence-corrected chi connectivity index (χ3v) is 7.50. The van der Waals surface area contributed by atoms with Crippen molar-refractivity contribution < 1.29 is 0 Å². The van der Waals surface area contributed by atoms with Crippen LogP contribution in [0.25, 0.3) is 65.7 Å². The average molecular weight is 509 g/mol. The molecule has 0 N–H and O–H groups in total. The number of benzene rings is 7. The van der Waals surface area contributed by atoms with Crippen LogP contribution in [0.1, 0.15) is 0 Å². The molecule has 0 amide bonds. The van der Waals surface area contributed by atoms with Gasteiger partial charge in [0.2, 0.25) is 0 Å². The summed E-state index contributed by atoms with van der Waals surface area (Å²) in [7, 11) is 0. The van der Waals surface area contributed by atoms with Crippen LogP contribution in [0.3, 0.4) is 0 Å². The predicted octanol–water partition coefficient (Wildman–Crippen LogP) is 10.3. The average Bonchev–Trinajstić information content (AvgIpc) is 2.92. The maximum absolute atomic E-state index is 3.80. The van der Waals surface area contributed by atoms with Crippen LogP contribution in [0.15, 0.2) is 132 Å². The molecule has 0 aliphatic carbocycles. The lowest BCUT2D eigenvalue weighted by Crippen LogP contribution is -1.88. The Bertz CT molecular complexity index is 1830. The van der Waals surface area contributed by atoms with Gasteiger partial charge in [-0.2, -0.15) is 0 Å². The van der Waals surface area contributed by atoms with Crippen molar-refractivity contribution in [2.24, 2.45) is 0 Å². The molecule has 0 unspecified atom stereocenters. The lowest BCUT2D eigenvalue weighted by Gasteiger charge is -2.15. The molecule has 164 valence electrons. The minimum Gasteiger partial charge on any atom is -0.0622 e. The number of hydrogen-bond donors (Lipinski definition) is 0. The zero-order chi connectivity index (χ0) is 23.4. The van der Waals surface area contributed by atoms with Gasteiger partial charge in [0.1, 0.15) is 0 Å². The Morgan fingerprint density at radius 1 is 0.371 bits per heavy atom. The highest BCUT2D eigenvalue weighted by Crippen LogP contribution is 2.41. The molecule has 0 saturated carbocycles. The van der Waals surface area contributed by atoms with Gasteiger partial charge in [0.15, 0.2) is 0 Å². The summed E-state index contributed by atoms with van der Waals surface area (Å²) in [5.74, 6) is 0.